The number of β-amino-alcohol motifs (C(OH)–C–C–N with tert-alkyl or cyclic N) is 1. The summed E-state index contributed by atoms with van der Waals surface area (Å²) in [5.41, 5.74) is 1.23. The number of aryl methyl sites for hydroxylation is 1. The molecule has 0 bridgehead atoms. The second kappa shape index (κ2) is 7.09. The topological polar surface area (TPSA) is 77.8 Å². The van der Waals surface area contributed by atoms with Gasteiger partial charge in [-0.15, -0.1) is 0 Å². The molecule has 1 atom stereocenters. The van der Waals surface area contributed by atoms with Crippen LogP contribution in [0.15, 0.2) is 54.1 Å². The van der Waals surface area contributed by atoms with Gasteiger partial charge in [-0.3, -0.25) is 9.59 Å². The van der Waals surface area contributed by atoms with E-state index in [0.717, 1.165) is 10.5 Å². The maximum atomic E-state index is 14.4. The third-order valence-corrected chi connectivity index (χ3v) is 4.41. The van der Waals surface area contributed by atoms with Gasteiger partial charge in [-0.25, -0.2) is 4.39 Å². The fourth-order valence-corrected chi connectivity index (χ4v) is 3.11. The minimum absolute atomic E-state index is 0.0915. The first-order valence-corrected chi connectivity index (χ1v) is 8.16. The first-order valence-electron chi connectivity index (χ1n) is 8.16. The Hall–Kier alpha value is -2.99. The smallest absolute Gasteiger partial charge is 0.295 e. The number of rotatable bonds is 4. The minimum Gasteiger partial charge on any atom is -0.507 e. The van der Waals surface area contributed by atoms with Crippen LogP contribution in [-0.4, -0.2) is 40.0 Å². The van der Waals surface area contributed by atoms with Crippen LogP contribution in [0.1, 0.15) is 22.7 Å². The average molecular weight is 355 g/mol. The lowest BCUT2D eigenvalue weighted by atomic mass is 9.94. The van der Waals surface area contributed by atoms with E-state index in [9.17, 15) is 24.2 Å². The van der Waals surface area contributed by atoms with E-state index in [1.54, 1.807) is 30.3 Å². The van der Waals surface area contributed by atoms with E-state index in [4.69, 9.17) is 0 Å². The molecule has 0 saturated carbocycles. The lowest BCUT2D eigenvalue weighted by Gasteiger charge is -2.24. The summed E-state index contributed by atoms with van der Waals surface area (Å²) in [6.07, 6.45) is 0. The summed E-state index contributed by atoms with van der Waals surface area (Å²) in [6, 6.07) is 11.4. The van der Waals surface area contributed by atoms with Crippen molar-refractivity contribution in [2.45, 2.75) is 13.0 Å². The molecular formula is C20H18FNO4. The maximum absolute atomic E-state index is 14.4. The number of aliphatic hydroxyl groups is 2. The molecule has 1 amide bonds. The number of hydrogen-bond acceptors (Lipinski definition) is 4. The zero-order valence-corrected chi connectivity index (χ0v) is 14.1. The highest BCUT2D eigenvalue weighted by molar-refractivity contribution is 6.46. The highest BCUT2D eigenvalue weighted by Gasteiger charge is 2.46. The Morgan fingerprint density at radius 1 is 1.12 bits per heavy atom. The van der Waals surface area contributed by atoms with Crippen molar-refractivity contribution in [3.8, 4) is 0 Å². The van der Waals surface area contributed by atoms with Crippen molar-refractivity contribution in [3.63, 3.8) is 0 Å². The number of nitrogens with zero attached hydrogens (tertiary/aromatic N) is 1. The number of carbonyl (C=O) groups is 2. The predicted molar refractivity (Wildman–Crippen MR) is 93.7 cm³/mol. The van der Waals surface area contributed by atoms with Gasteiger partial charge < -0.3 is 15.1 Å². The normalized spacial score (nSPS) is 19.2. The van der Waals surface area contributed by atoms with Crippen LogP contribution in [0.3, 0.4) is 0 Å². The lowest BCUT2D eigenvalue weighted by Crippen LogP contribution is -2.32. The lowest BCUT2D eigenvalue weighted by molar-refractivity contribution is -0.140. The van der Waals surface area contributed by atoms with Gasteiger partial charge in [0.05, 0.1) is 18.2 Å². The summed E-state index contributed by atoms with van der Waals surface area (Å²) in [4.78, 5) is 26.0. The molecule has 5 nitrogen and oxygen atoms in total. The SMILES string of the molecule is Cc1ccc(C(O)=C2C(=O)C(=O)N(CCO)[C@@H]2c2ccccc2F)cc1. The third kappa shape index (κ3) is 2.99. The molecule has 1 heterocycles. The van der Waals surface area contributed by atoms with Crippen LogP contribution in [0.25, 0.3) is 5.76 Å². The molecular weight excluding hydrogens is 337 g/mol. The van der Waals surface area contributed by atoms with E-state index in [0.29, 0.717) is 5.56 Å². The van der Waals surface area contributed by atoms with E-state index >= 15 is 0 Å². The fourth-order valence-electron chi connectivity index (χ4n) is 3.11. The van der Waals surface area contributed by atoms with Gasteiger partial charge in [0.2, 0.25) is 0 Å². The van der Waals surface area contributed by atoms with Crippen LogP contribution >= 0.6 is 0 Å². The molecule has 2 aromatic carbocycles. The van der Waals surface area contributed by atoms with Gasteiger partial charge in [-0.2, -0.15) is 0 Å². The van der Waals surface area contributed by atoms with E-state index < -0.39 is 23.5 Å². The largest absolute Gasteiger partial charge is 0.507 e. The van der Waals surface area contributed by atoms with Crippen LogP contribution < -0.4 is 0 Å². The molecule has 2 aromatic rings. The van der Waals surface area contributed by atoms with Crippen molar-refractivity contribution in [2.24, 2.45) is 0 Å². The zero-order chi connectivity index (χ0) is 18.8. The Balaban J connectivity index is 2.21. The minimum atomic E-state index is -1.09. The molecule has 1 fully saturated rings. The molecule has 1 aliphatic heterocycles. The number of carbonyl (C=O) groups excluding carboxylic acids is 2. The molecule has 0 aromatic heterocycles. The first kappa shape index (κ1) is 17.8. The number of amides is 1. The van der Waals surface area contributed by atoms with Gasteiger partial charge in [0.25, 0.3) is 11.7 Å². The molecule has 2 N–H and O–H groups in total. The number of hydrogen-bond donors (Lipinski definition) is 2. The number of benzene rings is 2. The van der Waals surface area contributed by atoms with Crippen molar-refractivity contribution < 1.29 is 24.2 Å². The van der Waals surface area contributed by atoms with Crippen molar-refractivity contribution in [1.82, 2.24) is 4.90 Å². The first-order chi connectivity index (χ1) is 12.5. The van der Waals surface area contributed by atoms with Crippen LogP contribution in [0.4, 0.5) is 4.39 Å². The van der Waals surface area contributed by atoms with Crippen LogP contribution in [0, 0.1) is 12.7 Å². The van der Waals surface area contributed by atoms with E-state index in [1.165, 1.54) is 18.2 Å². The van der Waals surface area contributed by atoms with Gasteiger partial charge in [-0.1, -0.05) is 48.0 Å². The molecule has 26 heavy (non-hydrogen) atoms. The summed E-state index contributed by atoms with van der Waals surface area (Å²) in [6.45, 7) is 1.35. The number of Topliss-reactive ketones (excluding diaryl/α,β-unsaturated/α-hetero) is 1. The van der Waals surface area contributed by atoms with Gasteiger partial charge in [0.15, 0.2) is 0 Å². The average Bonchev–Trinajstić information content (AvgIpc) is 2.87. The van der Waals surface area contributed by atoms with Crippen molar-refractivity contribution >= 4 is 17.4 Å². The van der Waals surface area contributed by atoms with Crippen molar-refractivity contribution in [3.05, 3.63) is 76.6 Å². The van der Waals surface area contributed by atoms with E-state index in [2.05, 4.69) is 0 Å². The summed E-state index contributed by atoms with van der Waals surface area (Å²) < 4.78 is 14.4. The number of ketones is 1. The van der Waals surface area contributed by atoms with Crippen LogP contribution in [0.2, 0.25) is 0 Å². The third-order valence-electron chi connectivity index (χ3n) is 4.41. The van der Waals surface area contributed by atoms with Crippen LogP contribution in [0.5, 0.6) is 0 Å². The van der Waals surface area contributed by atoms with Gasteiger partial charge in [-0.05, 0) is 13.0 Å². The monoisotopic (exact) mass is 355 g/mol. The molecule has 134 valence electrons. The van der Waals surface area contributed by atoms with Gasteiger partial charge in [0.1, 0.15) is 11.6 Å². The molecule has 6 heteroatoms. The summed E-state index contributed by atoms with van der Waals surface area (Å²) in [7, 11) is 0. The molecule has 0 spiro atoms. The van der Waals surface area contributed by atoms with Gasteiger partial charge in [0, 0.05) is 17.7 Å². The van der Waals surface area contributed by atoms with Gasteiger partial charge >= 0.3 is 0 Å². The standard InChI is InChI=1S/C20H18FNO4/c1-12-6-8-13(9-7-12)18(24)16-17(14-4-2-3-5-15(14)21)22(10-11-23)20(26)19(16)25/h2-9,17,23-24H,10-11H2,1H3/t17-/m1/s1. The second-order valence-corrected chi connectivity index (χ2v) is 6.10. The summed E-state index contributed by atoms with van der Waals surface area (Å²) in [5, 5.41) is 20.0. The van der Waals surface area contributed by atoms with E-state index in [-0.39, 0.29) is 30.0 Å². The maximum Gasteiger partial charge on any atom is 0.295 e. The van der Waals surface area contributed by atoms with Crippen molar-refractivity contribution in [2.75, 3.05) is 13.2 Å². The Morgan fingerprint density at radius 3 is 2.38 bits per heavy atom. The molecule has 0 radical (unpaired) electrons. The molecule has 0 aliphatic carbocycles. The number of halogens is 1. The molecule has 0 unspecified atom stereocenters. The number of aliphatic hydroxyl groups excluding tert-OH is 2. The Bertz CT molecular complexity index is 889. The molecule has 1 saturated heterocycles. The highest BCUT2D eigenvalue weighted by Crippen LogP contribution is 2.39. The van der Waals surface area contributed by atoms with E-state index in [1.807, 2.05) is 6.92 Å². The summed E-state index contributed by atoms with van der Waals surface area (Å²) >= 11 is 0. The summed E-state index contributed by atoms with van der Waals surface area (Å²) in [5.74, 6) is -2.74. The zero-order valence-electron chi connectivity index (χ0n) is 14.1. The fraction of sp³-hybridized carbons (Fsp3) is 0.200. The number of likely N-dealkylation sites (tertiary alicyclic amines) is 1. The Morgan fingerprint density at radius 2 is 1.77 bits per heavy atom. The highest BCUT2D eigenvalue weighted by atomic mass is 19.1. The predicted octanol–water partition coefficient (Wildman–Crippen LogP) is 2.55. The quantitative estimate of drug-likeness (QED) is 0.502. The molecule has 1 aliphatic rings. The van der Waals surface area contributed by atoms with Crippen LogP contribution in [-0.2, 0) is 9.59 Å². The second-order valence-electron chi connectivity index (χ2n) is 6.10. The van der Waals surface area contributed by atoms with Crippen molar-refractivity contribution in [1.29, 1.82) is 0 Å². The molecule has 3 rings (SSSR count). The Kier molecular flexibility index (Phi) is 4.86. The Labute approximate surface area is 150 Å².